The van der Waals surface area contributed by atoms with Gasteiger partial charge in [0.15, 0.2) is 0 Å². The van der Waals surface area contributed by atoms with Crippen LogP contribution in [0.4, 0.5) is 5.69 Å². The molecule has 1 rings (SSSR count). The number of likely N-dealkylation sites (N-methyl/N-ethyl adjacent to an activating group) is 1. The Balaban J connectivity index is 2.30. The molecule has 0 aromatic heterocycles. The van der Waals surface area contributed by atoms with Gasteiger partial charge in [0.25, 0.3) is 0 Å². The van der Waals surface area contributed by atoms with Gasteiger partial charge in [-0.2, -0.15) is 0 Å². The average Bonchev–Trinajstić information content (AvgIpc) is 2.29. The summed E-state index contributed by atoms with van der Waals surface area (Å²) in [6.07, 6.45) is 0. The fourth-order valence-electron chi connectivity index (χ4n) is 1.66. The Hall–Kier alpha value is -1.06. The number of hydrogen-bond donors (Lipinski definition) is 1. The first-order chi connectivity index (χ1) is 7.75. The molecule has 0 aliphatic rings. The first-order valence-electron chi connectivity index (χ1n) is 5.72. The van der Waals surface area contributed by atoms with Gasteiger partial charge in [0.05, 0.1) is 6.61 Å². The summed E-state index contributed by atoms with van der Waals surface area (Å²) in [7, 11) is 3.85. The van der Waals surface area contributed by atoms with Gasteiger partial charge in [-0.3, -0.25) is 0 Å². The van der Waals surface area contributed by atoms with Crippen molar-refractivity contribution in [2.45, 2.75) is 6.92 Å². The van der Waals surface area contributed by atoms with Crippen LogP contribution in [0.25, 0.3) is 0 Å². The fraction of sp³-hybridized carbons (Fsp3) is 0.538. The summed E-state index contributed by atoms with van der Waals surface area (Å²) in [5.74, 6) is 0. The number of ether oxygens (including phenoxy) is 1. The normalized spacial score (nSPS) is 10.4. The largest absolute Gasteiger partial charge is 0.383 e. The minimum atomic E-state index is 0.772. The predicted octanol–water partition coefficient (Wildman–Crippen LogP) is 1.67. The quantitative estimate of drug-likeness (QED) is 0.710. The lowest BCUT2D eigenvalue weighted by atomic mass is 10.2. The standard InChI is InChI=1S/C13H22N2O/c1-12-6-4-5-7-13(12)15(2)10-8-14-9-11-16-3/h4-7,14H,8-11H2,1-3H3. The highest BCUT2D eigenvalue weighted by Crippen LogP contribution is 2.16. The van der Waals surface area contributed by atoms with Crippen LogP contribution in [0.1, 0.15) is 5.56 Å². The van der Waals surface area contributed by atoms with E-state index in [0.29, 0.717) is 0 Å². The second-order valence-corrected chi connectivity index (χ2v) is 3.95. The van der Waals surface area contributed by atoms with Crippen LogP contribution in [0, 0.1) is 6.92 Å². The smallest absolute Gasteiger partial charge is 0.0587 e. The molecule has 0 heterocycles. The van der Waals surface area contributed by atoms with Crippen LogP contribution in [0.3, 0.4) is 0 Å². The Bertz CT molecular complexity index is 302. The minimum absolute atomic E-state index is 0.772. The van der Waals surface area contributed by atoms with Gasteiger partial charge in [-0.05, 0) is 18.6 Å². The highest BCUT2D eigenvalue weighted by molar-refractivity contribution is 5.52. The molecule has 0 aliphatic heterocycles. The Morgan fingerprint density at radius 1 is 1.25 bits per heavy atom. The first-order valence-corrected chi connectivity index (χ1v) is 5.72. The second kappa shape index (κ2) is 7.25. The Morgan fingerprint density at radius 3 is 2.69 bits per heavy atom. The summed E-state index contributed by atoms with van der Waals surface area (Å²) in [5.41, 5.74) is 2.62. The number of rotatable bonds is 7. The molecular weight excluding hydrogens is 200 g/mol. The molecule has 0 unspecified atom stereocenters. The zero-order chi connectivity index (χ0) is 11.8. The third-order valence-corrected chi connectivity index (χ3v) is 2.63. The molecule has 0 radical (unpaired) electrons. The Morgan fingerprint density at radius 2 is 2.00 bits per heavy atom. The molecule has 16 heavy (non-hydrogen) atoms. The van der Waals surface area contributed by atoms with Gasteiger partial charge in [0.2, 0.25) is 0 Å². The van der Waals surface area contributed by atoms with Crippen LogP contribution >= 0.6 is 0 Å². The van der Waals surface area contributed by atoms with Crippen LogP contribution < -0.4 is 10.2 Å². The van der Waals surface area contributed by atoms with E-state index in [1.165, 1.54) is 11.3 Å². The lowest BCUT2D eigenvalue weighted by Gasteiger charge is -2.21. The highest BCUT2D eigenvalue weighted by atomic mass is 16.5. The van der Waals surface area contributed by atoms with Crippen LogP contribution in [0.2, 0.25) is 0 Å². The van der Waals surface area contributed by atoms with E-state index in [1.54, 1.807) is 7.11 Å². The topological polar surface area (TPSA) is 24.5 Å². The third kappa shape index (κ3) is 4.21. The fourth-order valence-corrected chi connectivity index (χ4v) is 1.66. The van der Waals surface area contributed by atoms with Crippen LogP contribution in [-0.4, -0.2) is 40.4 Å². The predicted molar refractivity (Wildman–Crippen MR) is 69.2 cm³/mol. The van der Waals surface area contributed by atoms with Crippen molar-refractivity contribution in [3.05, 3.63) is 29.8 Å². The van der Waals surface area contributed by atoms with E-state index < -0.39 is 0 Å². The van der Waals surface area contributed by atoms with Gasteiger partial charge in [-0.1, -0.05) is 18.2 Å². The molecule has 0 aliphatic carbocycles. The van der Waals surface area contributed by atoms with Gasteiger partial charge in [0.1, 0.15) is 0 Å². The van der Waals surface area contributed by atoms with Crippen LogP contribution in [-0.2, 0) is 4.74 Å². The molecular formula is C13H22N2O. The molecule has 0 saturated carbocycles. The van der Waals surface area contributed by atoms with Crippen molar-refractivity contribution in [2.75, 3.05) is 45.3 Å². The number of aryl methyl sites for hydroxylation is 1. The SMILES string of the molecule is COCCNCCN(C)c1ccccc1C. The molecule has 1 aromatic carbocycles. The Kier molecular flexibility index (Phi) is 5.90. The number of anilines is 1. The molecule has 3 nitrogen and oxygen atoms in total. The van der Waals surface area contributed by atoms with Crippen molar-refractivity contribution in [3.8, 4) is 0 Å². The summed E-state index contributed by atoms with van der Waals surface area (Å²) in [6, 6.07) is 8.45. The molecule has 0 bridgehead atoms. The first kappa shape index (κ1) is 13.0. The molecule has 1 aromatic rings. The van der Waals surface area contributed by atoms with E-state index >= 15 is 0 Å². The van der Waals surface area contributed by atoms with Crippen molar-refractivity contribution in [3.63, 3.8) is 0 Å². The zero-order valence-electron chi connectivity index (χ0n) is 10.5. The average molecular weight is 222 g/mol. The van der Waals surface area contributed by atoms with Gasteiger partial charge < -0.3 is 15.0 Å². The van der Waals surface area contributed by atoms with Gasteiger partial charge in [0, 0.05) is 39.5 Å². The maximum atomic E-state index is 4.98. The number of hydrogen-bond acceptors (Lipinski definition) is 3. The maximum Gasteiger partial charge on any atom is 0.0587 e. The third-order valence-electron chi connectivity index (χ3n) is 2.63. The molecule has 3 heteroatoms. The lowest BCUT2D eigenvalue weighted by molar-refractivity contribution is 0.200. The molecule has 0 atom stereocenters. The van der Waals surface area contributed by atoms with E-state index in [2.05, 4.69) is 48.5 Å². The summed E-state index contributed by atoms with van der Waals surface area (Å²) >= 11 is 0. The van der Waals surface area contributed by atoms with E-state index in [0.717, 1.165) is 26.2 Å². The van der Waals surface area contributed by atoms with Gasteiger partial charge in [-0.15, -0.1) is 0 Å². The van der Waals surface area contributed by atoms with Crippen LogP contribution in [0.15, 0.2) is 24.3 Å². The minimum Gasteiger partial charge on any atom is -0.383 e. The molecule has 1 N–H and O–H groups in total. The monoisotopic (exact) mass is 222 g/mol. The molecule has 0 fully saturated rings. The lowest BCUT2D eigenvalue weighted by Crippen LogP contribution is -2.31. The number of nitrogens with zero attached hydrogens (tertiary/aromatic N) is 1. The number of nitrogens with one attached hydrogen (secondary N) is 1. The second-order valence-electron chi connectivity index (χ2n) is 3.95. The van der Waals surface area contributed by atoms with Gasteiger partial charge in [-0.25, -0.2) is 0 Å². The highest BCUT2D eigenvalue weighted by Gasteiger charge is 2.02. The summed E-state index contributed by atoms with van der Waals surface area (Å²) in [4.78, 5) is 2.27. The van der Waals surface area contributed by atoms with E-state index in [9.17, 15) is 0 Å². The number of benzene rings is 1. The summed E-state index contributed by atoms with van der Waals surface area (Å²) in [6.45, 7) is 5.82. The summed E-state index contributed by atoms with van der Waals surface area (Å²) < 4.78 is 4.98. The van der Waals surface area contributed by atoms with E-state index in [1.807, 2.05) is 0 Å². The van der Waals surface area contributed by atoms with Gasteiger partial charge >= 0.3 is 0 Å². The van der Waals surface area contributed by atoms with Crippen LogP contribution in [0.5, 0.6) is 0 Å². The summed E-state index contributed by atoms with van der Waals surface area (Å²) in [5, 5.41) is 3.34. The molecule has 0 saturated heterocycles. The molecule has 0 spiro atoms. The van der Waals surface area contributed by atoms with Crippen molar-refractivity contribution >= 4 is 5.69 Å². The van der Waals surface area contributed by atoms with Crippen molar-refractivity contribution < 1.29 is 4.74 Å². The number of para-hydroxylation sites is 1. The zero-order valence-corrected chi connectivity index (χ0v) is 10.5. The van der Waals surface area contributed by atoms with Crippen molar-refractivity contribution in [1.29, 1.82) is 0 Å². The Labute approximate surface area is 98.4 Å². The van der Waals surface area contributed by atoms with Crippen molar-refractivity contribution in [1.82, 2.24) is 5.32 Å². The molecule has 0 amide bonds. The van der Waals surface area contributed by atoms with E-state index in [-0.39, 0.29) is 0 Å². The maximum absolute atomic E-state index is 4.98. The van der Waals surface area contributed by atoms with E-state index in [4.69, 9.17) is 4.74 Å². The molecule has 90 valence electrons. The number of methoxy groups -OCH3 is 1. The van der Waals surface area contributed by atoms with Crippen molar-refractivity contribution in [2.24, 2.45) is 0 Å².